The molecule has 4 aromatic rings. The van der Waals surface area contributed by atoms with E-state index in [4.69, 9.17) is 9.15 Å². The van der Waals surface area contributed by atoms with Gasteiger partial charge in [0.05, 0.1) is 4.88 Å². The molecular weight excluding hydrogens is 340 g/mol. The van der Waals surface area contributed by atoms with Crippen LogP contribution < -0.4 is 0 Å². The number of aryl methyl sites for hydroxylation is 1. The van der Waals surface area contributed by atoms with E-state index in [2.05, 4.69) is 15.2 Å². The van der Waals surface area contributed by atoms with Gasteiger partial charge in [0.25, 0.3) is 11.8 Å². The molecule has 4 rings (SSSR count). The molecule has 0 aliphatic rings. The standard InChI is InChI=1S/C17H14N4O3S/c1-10-5-6-21-9-12(18-14(21)8-10)17(22)23-11(2)15-19-20-16(24-15)13-4-3-7-25-13/h3-9,11H,1-2H3/t11-/m1/s1. The van der Waals surface area contributed by atoms with Gasteiger partial charge in [0.1, 0.15) is 5.65 Å². The van der Waals surface area contributed by atoms with Gasteiger partial charge >= 0.3 is 5.97 Å². The molecule has 0 fully saturated rings. The molecule has 0 saturated heterocycles. The van der Waals surface area contributed by atoms with Crippen LogP contribution in [0.15, 0.2) is 46.5 Å². The maximum Gasteiger partial charge on any atom is 0.359 e. The Balaban J connectivity index is 1.51. The Bertz CT molecular complexity index is 1040. The van der Waals surface area contributed by atoms with E-state index in [0.717, 1.165) is 10.4 Å². The van der Waals surface area contributed by atoms with Crippen molar-refractivity contribution in [3.63, 3.8) is 0 Å². The number of pyridine rings is 1. The molecule has 0 aliphatic heterocycles. The SMILES string of the molecule is Cc1ccn2cc(C(=O)O[C@H](C)c3nnc(-c4cccs4)o3)nc2c1. The van der Waals surface area contributed by atoms with Gasteiger partial charge in [-0.1, -0.05) is 6.07 Å². The monoisotopic (exact) mass is 354 g/mol. The Labute approximate surface area is 146 Å². The van der Waals surface area contributed by atoms with Crippen LogP contribution in [0.3, 0.4) is 0 Å². The Morgan fingerprint density at radius 1 is 1.36 bits per heavy atom. The number of hydrogen-bond acceptors (Lipinski definition) is 7. The molecule has 0 spiro atoms. The smallest absolute Gasteiger partial charge is 0.359 e. The van der Waals surface area contributed by atoms with Crippen LogP contribution in [0.4, 0.5) is 0 Å². The molecule has 126 valence electrons. The Kier molecular flexibility index (Phi) is 3.81. The first kappa shape index (κ1) is 15.5. The van der Waals surface area contributed by atoms with Crippen LogP contribution in [0.25, 0.3) is 16.4 Å². The summed E-state index contributed by atoms with van der Waals surface area (Å²) in [6, 6.07) is 7.62. The fourth-order valence-corrected chi connectivity index (χ4v) is 3.00. The number of carbonyl (C=O) groups is 1. The van der Waals surface area contributed by atoms with Gasteiger partial charge in [0.2, 0.25) is 0 Å². The quantitative estimate of drug-likeness (QED) is 0.520. The number of hydrogen-bond donors (Lipinski definition) is 0. The molecule has 0 aromatic carbocycles. The van der Waals surface area contributed by atoms with Gasteiger partial charge in [0, 0.05) is 12.4 Å². The van der Waals surface area contributed by atoms with E-state index in [1.54, 1.807) is 17.5 Å². The van der Waals surface area contributed by atoms with Gasteiger partial charge < -0.3 is 13.6 Å². The lowest BCUT2D eigenvalue weighted by Gasteiger charge is -2.07. The van der Waals surface area contributed by atoms with Crippen molar-refractivity contribution in [1.82, 2.24) is 19.6 Å². The maximum atomic E-state index is 12.3. The van der Waals surface area contributed by atoms with Crippen molar-refractivity contribution in [1.29, 1.82) is 0 Å². The van der Waals surface area contributed by atoms with Crippen LogP contribution in [0.2, 0.25) is 0 Å². The first-order chi connectivity index (χ1) is 12.1. The maximum absolute atomic E-state index is 12.3. The molecule has 0 radical (unpaired) electrons. The number of fused-ring (bicyclic) bond motifs is 1. The summed E-state index contributed by atoms with van der Waals surface area (Å²) in [5.74, 6) is 0.122. The number of ether oxygens (including phenoxy) is 1. The molecule has 0 unspecified atom stereocenters. The molecule has 25 heavy (non-hydrogen) atoms. The zero-order chi connectivity index (χ0) is 17.4. The summed E-state index contributed by atoms with van der Waals surface area (Å²) < 4.78 is 12.8. The summed E-state index contributed by atoms with van der Waals surface area (Å²) in [6.07, 6.45) is 2.82. The third kappa shape index (κ3) is 3.03. The third-order valence-corrected chi connectivity index (χ3v) is 4.49. The topological polar surface area (TPSA) is 82.5 Å². The van der Waals surface area contributed by atoms with Gasteiger partial charge in [-0.05, 0) is 43.0 Å². The highest BCUT2D eigenvalue weighted by Crippen LogP contribution is 2.26. The fraction of sp³-hybridized carbons (Fsp3) is 0.176. The highest BCUT2D eigenvalue weighted by atomic mass is 32.1. The molecule has 4 aromatic heterocycles. The van der Waals surface area contributed by atoms with Crippen LogP contribution >= 0.6 is 11.3 Å². The average Bonchev–Trinajstić information content (AvgIpc) is 3.33. The van der Waals surface area contributed by atoms with Crippen molar-refractivity contribution >= 4 is 23.0 Å². The summed E-state index contributed by atoms with van der Waals surface area (Å²) in [7, 11) is 0. The zero-order valence-corrected chi connectivity index (χ0v) is 14.4. The summed E-state index contributed by atoms with van der Waals surface area (Å²) in [6.45, 7) is 3.65. The molecule has 0 N–H and O–H groups in total. The minimum absolute atomic E-state index is 0.232. The number of nitrogens with zero attached hydrogens (tertiary/aromatic N) is 4. The molecule has 0 saturated carbocycles. The average molecular weight is 354 g/mol. The lowest BCUT2D eigenvalue weighted by Crippen LogP contribution is -2.10. The van der Waals surface area contributed by atoms with Crippen molar-refractivity contribution in [3.05, 3.63) is 59.2 Å². The lowest BCUT2D eigenvalue weighted by molar-refractivity contribution is 0.0274. The molecular formula is C17H14N4O3S. The minimum Gasteiger partial charge on any atom is -0.448 e. The normalized spacial score (nSPS) is 12.4. The Morgan fingerprint density at radius 3 is 3.04 bits per heavy atom. The summed E-state index contributed by atoms with van der Waals surface area (Å²) in [4.78, 5) is 17.5. The van der Waals surface area contributed by atoms with Crippen molar-refractivity contribution < 1.29 is 13.9 Å². The zero-order valence-electron chi connectivity index (χ0n) is 13.5. The van der Waals surface area contributed by atoms with Crippen molar-refractivity contribution in [2.75, 3.05) is 0 Å². The second kappa shape index (κ2) is 6.14. The van der Waals surface area contributed by atoms with E-state index in [1.807, 2.05) is 42.8 Å². The van der Waals surface area contributed by atoms with Gasteiger partial charge in [-0.3, -0.25) is 0 Å². The van der Waals surface area contributed by atoms with Crippen LogP contribution in [-0.4, -0.2) is 25.6 Å². The Morgan fingerprint density at radius 2 is 2.24 bits per heavy atom. The van der Waals surface area contributed by atoms with E-state index in [-0.39, 0.29) is 11.6 Å². The minimum atomic E-state index is -0.666. The summed E-state index contributed by atoms with van der Waals surface area (Å²) in [5, 5.41) is 9.87. The second-order valence-electron chi connectivity index (χ2n) is 5.57. The first-order valence-corrected chi connectivity index (χ1v) is 8.52. The number of carbonyl (C=O) groups excluding carboxylic acids is 1. The number of rotatable bonds is 4. The van der Waals surface area contributed by atoms with Gasteiger partial charge in [-0.25, -0.2) is 9.78 Å². The highest BCUT2D eigenvalue weighted by Gasteiger charge is 2.21. The number of thiophene rings is 1. The van der Waals surface area contributed by atoms with E-state index in [9.17, 15) is 4.79 Å². The molecule has 0 aliphatic carbocycles. The fourth-order valence-electron chi connectivity index (χ4n) is 2.35. The number of aromatic nitrogens is 4. The van der Waals surface area contributed by atoms with E-state index < -0.39 is 12.1 Å². The van der Waals surface area contributed by atoms with Crippen LogP contribution in [-0.2, 0) is 4.74 Å². The molecule has 7 nitrogen and oxygen atoms in total. The molecule has 0 amide bonds. The van der Waals surface area contributed by atoms with Crippen molar-refractivity contribution in [2.45, 2.75) is 20.0 Å². The number of imidazole rings is 1. The third-order valence-electron chi connectivity index (χ3n) is 3.63. The van der Waals surface area contributed by atoms with Gasteiger partial charge in [-0.2, -0.15) is 0 Å². The summed E-state index contributed by atoms with van der Waals surface area (Å²) >= 11 is 1.50. The predicted molar refractivity (Wildman–Crippen MR) is 91.4 cm³/mol. The van der Waals surface area contributed by atoms with Crippen molar-refractivity contribution in [2.24, 2.45) is 0 Å². The molecule has 1 atom stereocenters. The van der Waals surface area contributed by atoms with Crippen LogP contribution in [0.5, 0.6) is 0 Å². The highest BCUT2D eigenvalue weighted by molar-refractivity contribution is 7.13. The van der Waals surface area contributed by atoms with Crippen LogP contribution in [0, 0.1) is 6.92 Å². The van der Waals surface area contributed by atoms with Crippen LogP contribution in [0.1, 0.15) is 35.0 Å². The summed E-state index contributed by atoms with van der Waals surface area (Å²) in [5.41, 5.74) is 1.99. The predicted octanol–water partition coefficient (Wildman–Crippen LogP) is 3.67. The van der Waals surface area contributed by atoms with E-state index in [1.165, 1.54) is 11.3 Å². The Hall–Kier alpha value is -3.00. The van der Waals surface area contributed by atoms with E-state index >= 15 is 0 Å². The van der Waals surface area contributed by atoms with Gasteiger partial charge in [-0.15, -0.1) is 21.5 Å². The largest absolute Gasteiger partial charge is 0.448 e. The first-order valence-electron chi connectivity index (χ1n) is 7.64. The van der Waals surface area contributed by atoms with Gasteiger partial charge in [0.15, 0.2) is 11.8 Å². The van der Waals surface area contributed by atoms with E-state index in [0.29, 0.717) is 11.5 Å². The lowest BCUT2D eigenvalue weighted by atomic mass is 10.3. The molecule has 0 bridgehead atoms. The molecule has 8 heteroatoms. The van der Waals surface area contributed by atoms with Crippen molar-refractivity contribution in [3.8, 4) is 10.8 Å². The molecule has 4 heterocycles. The second-order valence-corrected chi connectivity index (χ2v) is 6.51. The number of esters is 1.